The van der Waals surface area contributed by atoms with Crippen LogP contribution in [0.4, 0.5) is 0 Å². The second-order valence-corrected chi connectivity index (χ2v) is 4.63. The van der Waals surface area contributed by atoms with Crippen molar-refractivity contribution in [2.45, 2.75) is 39.5 Å². The minimum atomic E-state index is -3.78. The summed E-state index contributed by atoms with van der Waals surface area (Å²) in [7, 11) is -3.78. The molecule has 4 nitrogen and oxygen atoms in total. The van der Waals surface area contributed by atoms with Gasteiger partial charge in [0.2, 0.25) is 0 Å². The standard InChI is InChI=1S/C8H21O4P/c1-3-5-7-11-13(9,10)12-8-6-4-2/h9-10,13H,3-8H2,1-2H3. The number of hydrogen-bond acceptors (Lipinski definition) is 4. The summed E-state index contributed by atoms with van der Waals surface area (Å²) in [6.07, 6.45) is 3.60. The van der Waals surface area contributed by atoms with E-state index in [1.54, 1.807) is 0 Å². The van der Waals surface area contributed by atoms with Gasteiger partial charge in [-0.25, -0.2) is 0 Å². The molecule has 0 aromatic rings. The molecule has 0 spiro atoms. The minimum absolute atomic E-state index is 0.363. The normalized spacial score (nSPS) is 13.2. The van der Waals surface area contributed by atoms with Crippen LogP contribution in [0.5, 0.6) is 0 Å². The molecule has 0 aliphatic rings. The molecule has 0 saturated heterocycles. The molecule has 0 rings (SSSR count). The summed E-state index contributed by atoms with van der Waals surface area (Å²) in [5.74, 6) is 0. The van der Waals surface area contributed by atoms with Gasteiger partial charge in [-0.1, -0.05) is 0 Å². The molecular weight excluding hydrogens is 191 g/mol. The number of unbranched alkanes of at least 4 members (excludes halogenated alkanes) is 2. The van der Waals surface area contributed by atoms with Gasteiger partial charge in [-0.15, -0.1) is 0 Å². The van der Waals surface area contributed by atoms with E-state index in [0.717, 1.165) is 25.7 Å². The van der Waals surface area contributed by atoms with Crippen molar-refractivity contribution in [1.29, 1.82) is 0 Å². The van der Waals surface area contributed by atoms with Crippen LogP contribution < -0.4 is 0 Å². The summed E-state index contributed by atoms with van der Waals surface area (Å²) >= 11 is 0. The van der Waals surface area contributed by atoms with Crippen LogP contribution in [0.2, 0.25) is 0 Å². The van der Waals surface area contributed by atoms with Gasteiger partial charge in [0, 0.05) is 0 Å². The Morgan fingerprint density at radius 2 is 1.31 bits per heavy atom. The predicted octanol–water partition coefficient (Wildman–Crippen LogP) is 2.01. The van der Waals surface area contributed by atoms with Crippen molar-refractivity contribution in [1.82, 2.24) is 0 Å². The molecular formula is C8H21O4P. The van der Waals surface area contributed by atoms with E-state index in [-0.39, 0.29) is 0 Å². The van der Waals surface area contributed by atoms with Crippen molar-refractivity contribution in [3.63, 3.8) is 0 Å². The average molecular weight is 212 g/mol. The van der Waals surface area contributed by atoms with E-state index in [4.69, 9.17) is 9.05 Å². The SMILES string of the molecule is CCCCO[PH](O)(O)OCCCC. The summed E-state index contributed by atoms with van der Waals surface area (Å²) in [4.78, 5) is 18.4. The topological polar surface area (TPSA) is 58.9 Å². The van der Waals surface area contributed by atoms with E-state index >= 15 is 0 Å². The monoisotopic (exact) mass is 212 g/mol. The molecule has 0 aliphatic carbocycles. The maximum absolute atomic E-state index is 9.22. The summed E-state index contributed by atoms with van der Waals surface area (Å²) in [5, 5.41) is 0. The molecule has 0 saturated carbocycles. The second kappa shape index (κ2) is 7.65. The van der Waals surface area contributed by atoms with Crippen LogP contribution in [0.15, 0.2) is 0 Å². The van der Waals surface area contributed by atoms with E-state index in [0.29, 0.717) is 13.2 Å². The summed E-state index contributed by atoms with van der Waals surface area (Å²) in [6.45, 7) is 4.75. The molecule has 0 bridgehead atoms. The van der Waals surface area contributed by atoms with Gasteiger partial charge in [0.1, 0.15) is 0 Å². The van der Waals surface area contributed by atoms with Gasteiger partial charge < -0.3 is 0 Å². The van der Waals surface area contributed by atoms with Crippen LogP contribution in [-0.2, 0) is 9.05 Å². The molecule has 0 heterocycles. The van der Waals surface area contributed by atoms with Gasteiger partial charge in [0.25, 0.3) is 0 Å². The van der Waals surface area contributed by atoms with E-state index in [1.807, 2.05) is 13.8 Å². The molecule has 0 aromatic carbocycles. The van der Waals surface area contributed by atoms with Crippen LogP contribution in [0, 0.1) is 0 Å². The number of rotatable bonds is 8. The molecule has 82 valence electrons. The van der Waals surface area contributed by atoms with Crippen LogP contribution in [0.3, 0.4) is 0 Å². The van der Waals surface area contributed by atoms with Gasteiger partial charge in [-0.3, -0.25) is 0 Å². The first-order valence-electron chi connectivity index (χ1n) is 4.85. The third-order valence-electron chi connectivity index (χ3n) is 1.58. The van der Waals surface area contributed by atoms with Crippen molar-refractivity contribution in [3.8, 4) is 0 Å². The Hall–Kier alpha value is 0.270. The van der Waals surface area contributed by atoms with Gasteiger partial charge in [-0.05, 0) is 0 Å². The first kappa shape index (κ1) is 13.3. The molecule has 0 radical (unpaired) electrons. The average Bonchev–Trinajstić information content (AvgIpc) is 2.05. The zero-order chi connectivity index (χ0) is 10.2. The Balaban J connectivity index is 3.42. The fourth-order valence-electron chi connectivity index (χ4n) is 0.741. The van der Waals surface area contributed by atoms with Crippen molar-refractivity contribution >= 4 is 8.17 Å². The Kier molecular flexibility index (Phi) is 7.81. The fourth-order valence-corrected chi connectivity index (χ4v) is 1.64. The Morgan fingerprint density at radius 3 is 1.62 bits per heavy atom. The fraction of sp³-hybridized carbons (Fsp3) is 1.00. The quantitative estimate of drug-likeness (QED) is 0.477. The molecule has 0 unspecified atom stereocenters. The molecule has 5 heteroatoms. The van der Waals surface area contributed by atoms with Crippen LogP contribution in [0.1, 0.15) is 39.5 Å². The Morgan fingerprint density at radius 1 is 0.923 bits per heavy atom. The molecule has 0 fully saturated rings. The zero-order valence-corrected chi connectivity index (χ0v) is 9.45. The molecule has 0 amide bonds. The van der Waals surface area contributed by atoms with E-state index in [2.05, 4.69) is 0 Å². The first-order chi connectivity index (χ1) is 6.12. The second-order valence-electron chi connectivity index (χ2n) is 2.95. The summed E-state index contributed by atoms with van der Waals surface area (Å²) in [6, 6.07) is 0. The van der Waals surface area contributed by atoms with E-state index in [9.17, 15) is 9.79 Å². The third kappa shape index (κ3) is 8.60. The predicted molar refractivity (Wildman–Crippen MR) is 54.5 cm³/mol. The first-order valence-corrected chi connectivity index (χ1v) is 6.56. The van der Waals surface area contributed by atoms with Gasteiger partial charge >= 0.3 is 79.7 Å². The van der Waals surface area contributed by atoms with Crippen molar-refractivity contribution in [3.05, 3.63) is 0 Å². The molecule has 2 N–H and O–H groups in total. The Bertz CT molecular complexity index is 107. The van der Waals surface area contributed by atoms with Gasteiger partial charge in [0.15, 0.2) is 0 Å². The van der Waals surface area contributed by atoms with E-state index in [1.165, 1.54) is 0 Å². The molecule has 0 aromatic heterocycles. The molecule has 13 heavy (non-hydrogen) atoms. The van der Waals surface area contributed by atoms with Crippen molar-refractivity contribution in [2.75, 3.05) is 13.2 Å². The van der Waals surface area contributed by atoms with E-state index < -0.39 is 8.17 Å². The number of hydrogen-bond donors (Lipinski definition) is 2. The summed E-state index contributed by atoms with van der Waals surface area (Å²) in [5.41, 5.74) is 0. The molecule has 0 atom stereocenters. The van der Waals surface area contributed by atoms with Gasteiger partial charge in [-0.2, -0.15) is 0 Å². The van der Waals surface area contributed by atoms with Crippen LogP contribution in [-0.4, -0.2) is 23.0 Å². The van der Waals surface area contributed by atoms with Crippen molar-refractivity contribution < 1.29 is 18.8 Å². The zero-order valence-electron chi connectivity index (χ0n) is 8.45. The molecule has 0 aliphatic heterocycles. The third-order valence-corrected chi connectivity index (χ3v) is 2.74. The Labute approximate surface area is 80.5 Å². The van der Waals surface area contributed by atoms with Crippen molar-refractivity contribution in [2.24, 2.45) is 0 Å². The van der Waals surface area contributed by atoms with Crippen LogP contribution in [0.25, 0.3) is 0 Å². The maximum atomic E-state index is 9.22. The van der Waals surface area contributed by atoms with Crippen LogP contribution >= 0.6 is 8.17 Å². The summed E-state index contributed by atoms with van der Waals surface area (Å²) < 4.78 is 9.69. The van der Waals surface area contributed by atoms with Gasteiger partial charge in [0.05, 0.1) is 0 Å².